The Morgan fingerprint density at radius 2 is 1.74 bits per heavy atom. The van der Waals surface area contributed by atoms with Crippen LogP contribution in [0.25, 0.3) is 0 Å². The molecule has 0 spiro atoms. The summed E-state index contributed by atoms with van der Waals surface area (Å²) in [6, 6.07) is 15.3. The molecule has 0 radical (unpaired) electrons. The van der Waals surface area contributed by atoms with Gasteiger partial charge >= 0.3 is 6.09 Å². The first-order valence-corrected chi connectivity index (χ1v) is 10.3. The summed E-state index contributed by atoms with van der Waals surface area (Å²) in [7, 11) is 1.52. The fourth-order valence-electron chi connectivity index (χ4n) is 3.46. The number of hydrogen-bond acceptors (Lipinski definition) is 5. The van der Waals surface area contributed by atoms with Crippen molar-refractivity contribution in [2.24, 2.45) is 0 Å². The number of benzene rings is 2. The summed E-state index contributed by atoms with van der Waals surface area (Å²) in [6.45, 7) is 0.988. The maximum atomic E-state index is 13.2. The SMILES string of the molecule is COCCOC(=O)Nc1cccc(NC(=O)C(c2ccccc2)N2CCCCC2=O)c1. The van der Waals surface area contributed by atoms with Gasteiger partial charge < -0.3 is 19.7 Å². The first kappa shape index (κ1) is 22.3. The molecule has 1 saturated heterocycles. The predicted octanol–water partition coefficient (Wildman–Crippen LogP) is 3.57. The molecule has 1 aliphatic rings. The molecular formula is C23H27N3O5. The Balaban J connectivity index is 1.73. The second-order valence-corrected chi connectivity index (χ2v) is 7.18. The third-order valence-electron chi connectivity index (χ3n) is 4.93. The molecule has 2 aromatic rings. The van der Waals surface area contributed by atoms with Crippen LogP contribution in [0.2, 0.25) is 0 Å². The number of nitrogens with one attached hydrogen (secondary N) is 2. The maximum absolute atomic E-state index is 13.2. The second kappa shape index (κ2) is 11.1. The average Bonchev–Trinajstić information content (AvgIpc) is 2.76. The first-order chi connectivity index (χ1) is 15.1. The fraction of sp³-hybridized carbons (Fsp3) is 0.348. The lowest BCUT2D eigenvalue weighted by molar-refractivity contribution is -0.141. The molecule has 3 amide bonds. The quantitative estimate of drug-likeness (QED) is 0.630. The van der Waals surface area contributed by atoms with E-state index in [2.05, 4.69) is 10.6 Å². The van der Waals surface area contributed by atoms with Crippen molar-refractivity contribution in [1.29, 1.82) is 0 Å². The first-order valence-electron chi connectivity index (χ1n) is 10.3. The van der Waals surface area contributed by atoms with E-state index in [4.69, 9.17) is 9.47 Å². The molecule has 1 fully saturated rings. The van der Waals surface area contributed by atoms with Crippen molar-refractivity contribution >= 4 is 29.3 Å². The van der Waals surface area contributed by atoms with Gasteiger partial charge in [-0.15, -0.1) is 0 Å². The van der Waals surface area contributed by atoms with Crippen LogP contribution in [0.4, 0.5) is 16.2 Å². The average molecular weight is 425 g/mol. The van der Waals surface area contributed by atoms with E-state index in [1.54, 1.807) is 29.2 Å². The molecule has 0 saturated carbocycles. The van der Waals surface area contributed by atoms with Gasteiger partial charge in [-0.3, -0.25) is 14.9 Å². The molecule has 1 aliphatic heterocycles. The van der Waals surface area contributed by atoms with Gasteiger partial charge in [-0.1, -0.05) is 36.4 Å². The molecule has 3 rings (SSSR count). The lowest BCUT2D eigenvalue weighted by Gasteiger charge is -2.34. The number of nitrogens with zero attached hydrogens (tertiary/aromatic N) is 1. The van der Waals surface area contributed by atoms with Crippen LogP contribution in [-0.4, -0.2) is 49.7 Å². The molecule has 31 heavy (non-hydrogen) atoms. The number of ether oxygens (including phenoxy) is 2. The van der Waals surface area contributed by atoms with E-state index in [9.17, 15) is 14.4 Å². The van der Waals surface area contributed by atoms with Gasteiger partial charge in [0.15, 0.2) is 0 Å². The second-order valence-electron chi connectivity index (χ2n) is 7.18. The lowest BCUT2D eigenvalue weighted by Crippen LogP contribution is -2.43. The van der Waals surface area contributed by atoms with Gasteiger partial charge in [0.1, 0.15) is 12.6 Å². The minimum Gasteiger partial charge on any atom is -0.447 e. The van der Waals surface area contributed by atoms with Gasteiger partial charge in [0.05, 0.1) is 6.61 Å². The Labute approximate surface area is 181 Å². The zero-order valence-electron chi connectivity index (χ0n) is 17.5. The maximum Gasteiger partial charge on any atom is 0.411 e. The van der Waals surface area contributed by atoms with Crippen LogP contribution in [0, 0.1) is 0 Å². The number of carbonyl (C=O) groups is 3. The van der Waals surface area contributed by atoms with Crippen molar-refractivity contribution in [3.05, 3.63) is 60.2 Å². The number of anilines is 2. The molecule has 2 N–H and O–H groups in total. The molecule has 2 aromatic carbocycles. The number of carbonyl (C=O) groups excluding carboxylic acids is 3. The van der Waals surface area contributed by atoms with Crippen LogP contribution >= 0.6 is 0 Å². The predicted molar refractivity (Wildman–Crippen MR) is 117 cm³/mol. The van der Waals surface area contributed by atoms with Gasteiger partial charge in [-0.25, -0.2) is 4.79 Å². The van der Waals surface area contributed by atoms with Crippen LogP contribution < -0.4 is 10.6 Å². The number of piperidine rings is 1. The Morgan fingerprint density at radius 3 is 2.45 bits per heavy atom. The minimum absolute atomic E-state index is 0.0236. The minimum atomic E-state index is -0.718. The van der Waals surface area contributed by atoms with Crippen LogP contribution in [0.15, 0.2) is 54.6 Å². The van der Waals surface area contributed by atoms with Gasteiger partial charge in [0.2, 0.25) is 5.91 Å². The molecule has 0 aliphatic carbocycles. The molecular weight excluding hydrogens is 398 g/mol. The third-order valence-corrected chi connectivity index (χ3v) is 4.93. The van der Waals surface area contributed by atoms with Crippen molar-refractivity contribution < 1.29 is 23.9 Å². The fourth-order valence-corrected chi connectivity index (χ4v) is 3.46. The zero-order valence-corrected chi connectivity index (χ0v) is 17.5. The highest BCUT2D eigenvalue weighted by atomic mass is 16.6. The van der Waals surface area contributed by atoms with E-state index >= 15 is 0 Å². The monoisotopic (exact) mass is 425 g/mol. The van der Waals surface area contributed by atoms with Gasteiger partial charge in [0.25, 0.3) is 5.91 Å². The van der Waals surface area contributed by atoms with E-state index in [1.165, 1.54) is 7.11 Å². The smallest absolute Gasteiger partial charge is 0.411 e. The Bertz CT molecular complexity index is 903. The van der Waals surface area contributed by atoms with E-state index in [0.717, 1.165) is 18.4 Å². The van der Waals surface area contributed by atoms with Crippen LogP contribution in [0.3, 0.4) is 0 Å². The normalized spacial score (nSPS) is 14.6. The number of methoxy groups -OCH3 is 1. The summed E-state index contributed by atoms with van der Waals surface area (Å²) in [5.41, 5.74) is 1.74. The third kappa shape index (κ3) is 6.29. The molecule has 1 heterocycles. The van der Waals surface area contributed by atoms with Gasteiger partial charge in [0, 0.05) is 31.5 Å². The van der Waals surface area contributed by atoms with Crippen molar-refractivity contribution in [1.82, 2.24) is 4.90 Å². The van der Waals surface area contributed by atoms with Crippen molar-refractivity contribution in [2.75, 3.05) is 37.5 Å². The molecule has 1 atom stereocenters. The molecule has 0 aromatic heterocycles. The summed E-state index contributed by atoms with van der Waals surface area (Å²) in [6.07, 6.45) is 1.54. The zero-order chi connectivity index (χ0) is 22.1. The van der Waals surface area contributed by atoms with E-state index in [1.807, 2.05) is 30.3 Å². The Kier molecular flexibility index (Phi) is 8.00. The molecule has 1 unspecified atom stereocenters. The summed E-state index contributed by atoms with van der Waals surface area (Å²) < 4.78 is 9.83. The van der Waals surface area contributed by atoms with Crippen LogP contribution in [0.5, 0.6) is 0 Å². The highest BCUT2D eigenvalue weighted by molar-refractivity contribution is 5.98. The Morgan fingerprint density at radius 1 is 1.00 bits per heavy atom. The highest BCUT2D eigenvalue weighted by Crippen LogP contribution is 2.27. The molecule has 164 valence electrons. The number of rotatable bonds is 8. The standard InChI is InChI=1S/C23H27N3O5/c1-30-14-15-31-23(29)25-19-11-7-10-18(16-19)24-22(28)21(17-8-3-2-4-9-17)26-13-6-5-12-20(26)27/h2-4,7-11,16,21H,5-6,12-15H2,1H3,(H,24,28)(H,25,29). The molecule has 8 nitrogen and oxygen atoms in total. The largest absolute Gasteiger partial charge is 0.447 e. The lowest BCUT2D eigenvalue weighted by atomic mass is 10.0. The summed E-state index contributed by atoms with van der Waals surface area (Å²) in [5, 5.41) is 5.49. The topological polar surface area (TPSA) is 97.0 Å². The van der Waals surface area contributed by atoms with Crippen molar-refractivity contribution in [3.8, 4) is 0 Å². The summed E-state index contributed by atoms with van der Waals surface area (Å²) >= 11 is 0. The van der Waals surface area contributed by atoms with Crippen molar-refractivity contribution in [2.45, 2.75) is 25.3 Å². The van der Waals surface area contributed by atoms with Crippen LogP contribution in [0.1, 0.15) is 30.9 Å². The molecule has 8 heteroatoms. The summed E-state index contributed by atoms with van der Waals surface area (Å²) in [4.78, 5) is 39.2. The van der Waals surface area contributed by atoms with Crippen molar-refractivity contribution in [3.63, 3.8) is 0 Å². The number of likely N-dealkylation sites (tertiary alicyclic amines) is 1. The Hall–Kier alpha value is -3.39. The number of amides is 3. The van der Waals surface area contributed by atoms with Crippen LogP contribution in [-0.2, 0) is 19.1 Å². The van der Waals surface area contributed by atoms with Gasteiger partial charge in [-0.05, 0) is 36.6 Å². The highest BCUT2D eigenvalue weighted by Gasteiger charge is 2.32. The van der Waals surface area contributed by atoms with E-state index in [0.29, 0.717) is 30.9 Å². The summed E-state index contributed by atoms with van der Waals surface area (Å²) in [5.74, 6) is -0.328. The molecule has 0 bridgehead atoms. The van der Waals surface area contributed by atoms with Gasteiger partial charge in [-0.2, -0.15) is 0 Å². The number of hydrogen-bond donors (Lipinski definition) is 2. The van der Waals surface area contributed by atoms with E-state index in [-0.39, 0.29) is 18.4 Å². The van der Waals surface area contributed by atoms with E-state index < -0.39 is 12.1 Å².